The maximum Gasteiger partial charge on any atom is 0.258 e. The Labute approximate surface area is 252 Å². The summed E-state index contributed by atoms with van der Waals surface area (Å²) in [6.45, 7) is 0. The van der Waals surface area contributed by atoms with Crippen molar-refractivity contribution in [1.29, 1.82) is 0 Å². The third kappa shape index (κ3) is 8.28. The molecule has 0 heterocycles. The molecule has 0 atom stereocenters. The molecule has 0 radical (unpaired) electrons. The third-order valence-corrected chi connectivity index (χ3v) is 10.6. The number of anilines is 2. The van der Waals surface area contributed by atoms with Gasteiger partial charge in [-0.25, -0.2) is 0 Å². The number of nitrogens with two attached hydrogens (primary N) is 1. The summed E-state index contributed by atoms with van der Waals surface area (Å²) in [6, 6.07) is 48.1. The summed E-state index contributed by atoms with van der Waals surface area (Å²) >= 11 is 0. The second-order valence-electron chi connectivity index (χ2n) is 9.15. The summed E-state index contributed by atoms with van der Waals surface area (Å²) in [4.78, 5) is 13.7. The second-order valence-corrected chi connectivity index (χ2v) is 13.3. The van der Waals surface area contributed by atoms with Crippen LogP contribution < -0.4 is 46.3 Å². The first-order valence-electron chi connectivity index (χ1n) is 13.1. The Bertz CT molecular complexity index is 1530. The summed E-state index contributed by atoms with van der Waals surface area (Å²) < 4.78 is 32.7. The zero-order valence-electron chi connectivity index (χ0n) is 22.9. The van der Waals surface area contributed by atoms with Crippen molar-refractivity contribution in [3.05, 3.63) is 163 Å². The molecule has 0 aromatic heterocycles. The fourth-order valence-electron chi connectivity index (χ4n) is 4.59. The molecular formula is C33H30ClN3O5P+. The summed E-state index contributed by atoms with van der Waals surface area (Å²) in [5.41, 5.74) is 9.03. The zero-order chi connectivity index (χ0) is 30.7. The lowest BCUT2D eigenvalue weighted by Gasteiger charge is -2.29. The smallest absolute Gasteiger partial charge is 0.258 e. The van der Waals surface area contributed by atoms with Crippen LogP contribution in [0.4, 0.5) is 11.4 Å². The SMILES string of the molecule is Nc1ccccc1N/C=C(\NC(=O)c1ccccc1)[P+](c1ccccc1)(c1ccccc1)c1ccccc1.[O-][Cl+3]([O-])([O-])O. The van der Waals surface area contributed by atoms with E-state index in [1.54, 1.807) is 0 Å². The van der Waals surface area contributed by atoms with Gasteiger partial charge in [0, 0.05) is 5.56 Å². The van der Waals surface area contributed by atoms with Gasteiger partial charge in [0.2, 0.25) is 0 Å². The average molecular weight is 615 g/mol. The number of nitrogens with one attached hydrogen (secondary N) is 2. The van der Waals surface area contributed by atoms with Crippen LogP contribution in [0.1, 0.15) is 10.4 Å². The predicted molar refractivity (Wildman–Crippen MR) is 164 cm³/mol. The molecule has 0 saturated carbocycles. The number of rotatable bonds is 8. The number of benzene rings is 5. The largest absolute Gasteiger partial charge is 0.397 e. The molecule has 0 aliphatic carbocycles. The number of para-hydroxylation sites is 2. The number of halogens is 1. The van der Waals surface area contributed by atoms with E-state index in [0.29, 0.717) is 11.3 Å². The predicted octanol–water partition coefficient (Wildman–Crippen LogP) is 1.78. The Morgan fingerprint density at radius 3 is 1.44 bits per heavy atom. The minimum Gasteiger partial charge on any atom is -0.397 e. The van der Waals surface area contributed by atoms with Gasteiger partial charge in [-0.05, 0) is 60.7 Å². The van der Waals surface area contributed by atoms with Gasteiger partial charge >= 0.3 is 0 Å². The number of nitrogen functional groups attached to an aromatic ring is 1. The number of amides is 1. The molecule has 5 rings (SSSR count). The van der Waals surface area contributed by atoms with Crippen molar-refractivity contribution in [3.8, 4) is 0 Å². The second kappa shape index (κ2) is 14.6. The molecule has 218 valence electrons. The van der Waals surface area contributed by atoms with Crippen LogP contribution in [0.15, 0.2) is 157 Å². The van der Waals surface area contributed by atoms with E-state index in [2.05, 4.69) is 83.4 Å². The molecule has 8 nitrogen and oxygen atoms in total. The minimum atomic E-state index is -4.69. The highest BCUT2D eigenvalue weighted by atomic mass is 35.7. The molecule has 0 aliphatic heterocycles. The number of carbonyl (C=O) groups excluding carboxylic acids is 1. The number of hydrogen-bond donors (Lipinski definition) is 4. The number of carbonyl (C=O) groups is 1. The van der Waals surface area contributed by atoms with Crippen molar-refractivity contribution >= 4 is 40.5 Å². The van der Waals surface area contributed by atoms with Gasteiger partial charge in [-0.3, -0.25) is 10.1 Å². The van der Waals surface area contributed by atoms with Crippen LogP contribution in [0.5, 0.6) is 0 Å². The molecule has 0 bridgehead atoms. The van der Waals surface area contributed by atoms with Crippen LogP contribution in [-0.2, 0) is 0 Å². The van der Waals surface area contributed by atoms with E-state index in [1.807, 2.05) is 79.0 Å². The van der Waals surface area contributed by atoms with Crippen LogP contribution in [0.3, 0.4) is 0 Å². The molecule has 5 N–H and O–H groups in total. The first-order valence-corrected chi connectivity index (χ1v) is 16.1. The molecule has 1 amide bonds. The molecule has 10 heteroatoms. The normalized spacial score (nSPS) is 11.6. The van der Waals surface area contributed by atoms with Gasteiger partial charge in [0.15, 0.2) is 12.7 Å². The Hall–Kier alpha value is -4.53. The Morgan fingerprint density at radius 1 is 0.651 bits per heavy atom. The molecule has 43 heavy (non-hydrogen) atoms. The molecule has 0 spiro atoms. The molecule has 5 aromatic carbocycles. The first-order chi connectivity index (χ1) is 20.7. The summed E-state index contributed by atoms with van der Waals surface area (Å²) in [6.07, 6.45) is 1.91. The molecular weight excluding hydrogens is 585 g/mol. The van der Waals surface area contributed by atoms with E-state index >= 15 is 0 Å². The number of hydrogen-bond acceptors (Lipinski definition) is 7. The van der Waals surface area contributed by atoms with Gasteiger partial charge in [0.1, 0.15) is 15.9 Å². The lowest BCUT2D eigenvalue weighted by molar-refractivity contribution is -1.92. The van der Waals surface area contributed by atoms with Gasteiger partial charge < -0.3 is 11.1 Å². The van der Waals surface area contributed by atoms with Crippen LogP contribution in [0, 0.1) is 10.2 Å². The molecule has 0 aliphatic rings. The van der Waals surface area contributed by atoms with Crippen LogP contribution in [0.25, 0.3) is 0 Å². The zero-order valence-corrected chi connectivity index (χ0v) is 24.6. The highest BCUT2D eigenvalue weighted by molar-refractivity contribution is 7.99. The maximum atomic E-state index is 13.7. The highest BCUT2D eigenvalue weighted by Gasteiger charge is 2.50. The first kappa shape index (κ1) is 31.4. The third-order valence-electron chi connectivity index (χ3n) is 6.39. The van der Waals surface area contributed by atoms with E-state index < -0.39 is 17.5 Å². The van der Waals surface area contributed by atoms with Crippen molar-refractivity contribution < 1.29 is 33.7 Å². The standard InChI is InChI=1S/C33H28N3OP.ClHO4/c34-30-23-13-14-24-31(30)35-25-32(36-33(37)26-15-5-1-6-16-26)38(27-17-7-2-8-18-27,28-19-9-3-10-20-28)29-21-11-4-12-22-29;2-1(3,4)5/h1-25,35H,34H2;(H,2,3,4,5)/p+1/b32-25+;. The Balaban J connectivity index is 0.000000782. The topological polar surface area (TPSA) is 157 Å². The van der Waals surface area contributed by atoms with Gasteiger partial charge in [0.25, 0.3) is 5.91 Å². The van der Waals surface area contributed by atoms with Crippen molar-refractivity contribution in [3.63, 3.8) is 0 Å². The maximum absolute atomic E-state index is 13.7. The van der Waals surface area contributed by atoms with Gasteiger partial charge in [0.05, 0.1) is 32.5 Å². The Morgan fingerprint density at radius 2 is 1.02 bits per heavy atom. The van der Waals surface area contributed by atoms with Gasteiger partial charge in [-0.15, -0.1) is 0 Å². The van der Waals surface area contributed by atoms with Gasteiger partial charge in [-0.2, -0.15) is 14.0 Å². The lowest BCUT2D eigenvalue weighted by atomic mass is 10.2. The quantitative estimate of drug-likeness (QED) is 0.153. The van der Waals surface area contributed by atoms with Crippen molar-refractivity contribution in [2.75, 3.05) is 11.1 Å². The van der Waals surface area contributed by atoms with E-state index in [9.17, 15) is 4.79 Å². The van der Waals surface area contributed by atoms with Crippen molar-refractivity contribution in [1.82, 2.24) is 5.32 Å². The Kier molecular flexibility index (Phi) is 10.6. The fourth-order valence-corrected chi connectivity index (χ4v) is 8.70. The van der Waals surface area contributed by atoms with E-state index in [1.165, 1.54) is 0 Å². The van der Waals surface area contributed by atoms with Crippen LogP contribution in [0.2, 0.25) is 0 Å². The summed E-state index contributed by atoms with van der Waals surface area (Å²) in [7, 11) is -7.26. The fraction of sp³-hybridized carbons (Fsp3) is 0. The molecule has 0 fully saturated rings. The minimum absolute atomic E-state index is 0.174. The summed E-state index contributed by atoms with van der Waals surface area (Å²) in [5.74, 6) is -0.174. The molecule has 0 unspecified atom stereocenters. The van der Waals surface area contributed by atoms with Crippen molar-refractivity contribution in [2.45, 2.75) is 0 Å². The highest BCUT2D eigenvalue weighted by Crippen LogP contribution is 2.61. The van der Waals surface area contributed by atoms with Crippen molar-refractivity contribution in [2.24, 2.45) is 0 Å². The van der Waals surface area contributed by atoms with E-state index in [0.717, 1.165) is 27.0 Å². The van der Waals surface area contributed by atoms with Gasteiger partial charge in [-0.1, -0.05) is 84.9 Å². The molecule has 0 saturated heterocycles. The average Bonchev–Trinajstić information content (AvgIpc) is 3.02. The van der Waals surface area contributed by atoms with E-state index in [4.69, 9.17) is 24.4 Å². The van der Waals surface area contributed by atoms with E-state index in [-0.39, 0.29) is 5.91 Å². The van der Waals surface area contributed by atoms with Crippen LogP contribution in [-0.4, -0.2) is 10.6 Å². The summed E-state index contributed by atoms with van der Waals surface area (Å²) in [5, 5.41) is 10.1. The van der Waals surface area contributed by atoms with Crippen LogP contribution >= 0.6 is 7.26 Å². The lowest BCUT2D eigenvalue weighted by Crippen LogP contribution is -2.58. The molecule has 5 aromatic rings. The monoisotopic (exact) mass is 614 g/mol.